The molecule has 0 atom stereocenters. The number of halogens is 1. The summed E-state index contributed by atoms with van der Waals surface area (Å²) in [5, 5.41) is 4.80. The number of hydrogen-bond acceptors (Lipinski definition) is 2. The molecule has 0 spiro atoms. The van der Waals surface area contributed by atoms with E-state index in [0.717, 1.165) is 11.3 Å². The smallest absolute Gasteiger partial charge is 0.0748 e. The first-order valence-corrected chi connectivity index (χ1v) is 5.74. The van der Waals surface area contributed by atoms with E-state index < -0.39 is 0 Å². The van der Waals surface area contributed by atoms with Crippen LogP contribution in [0.15, 0.2) is 53.6 Å². The average molecular weight is 245 g/mol. The van der Waals surface area contributed by atoms with Gasteiger partial charge < -0.3 is 0 Å². The van der Waals surface area contributed by atoms with E-state index >= 15 is 0 Å². The fraction of sp³-hybridized carbons (Fsp3) is 0.0714. The van der Waals surface area contributed by atoms with Crippen molar-refractivity contribution in [2.75, 3.05) is 5.43 Å². The summed E-state index contributed by atoms with van der Waals surface area (Å²) < 4.78 is 0. The Morgan fingerprint density at radius 1 is 1.06 bits per heavy atom. The Balaban J connectivity index is 2.03. The molecular weight excluding hydrogens is 232 g/mol. The molecule has 0 aliphatic heterocycles. The van der Waals surface area contributed by atoms with Gasteiger partial charge >= 0.3 is 0 Å². The molecule has 0 bridgehead atoms. The van der Waals surface area contributed by atoms with Gasteiger partial charge in [-0.25, -0.2) is 0 Å². The summed E-state index contributed by atoms with van der Waals surface area (Å²) >= 11 is 5.99. The number of hydrazone groups is 1. The van der Waals surface area contributed by atoms with Gasteiger partial charge in [-0.2, -0.15) is 5.10 Å². The van der Waals surface area contributed by atoms with Crippen molar-refractivity contribution in [1.29, 1.82) is 0 Å². The molecule has 0 saturated carbocycles. The third kappa shape index (κ3) is 3.33. The number of hydrogen-bond donors (Lipinski definition) is 1. The van der Waals surface area contributed by atoms with Gasteiger partial charge in [0.1, 0.15) is 0 Å². The Morgan fingerprint density at radius 2 is 1.76 bits per heavy atom. The van der Waals surface area contributed by atoms with E-state index in [1.165, 1.54) is 5.56 Å². The van der Waals surface area contributed by atoms with Gasteiger partial charge in [-0.3, -0.25) is 5.43 Å². The summed E-state index contributed by atoms with van der Waals surface area (Å²) in [6, 6.07) is 15.7. The Bertz CT molecular complexity index is 518. The molecule has 0 aromatic heterocycles. The highest BCUT2D eigenvalue weighted by molar-refractivity contribution is 6.33. The maximum atomic E-state index is 5.99. The molecule has 0 heterocycles. The van der Waals surface area contributed by atoms with Crippen LogP contribution in [-0.2, 0) is 0 Å². The van der Waals surface area contributed by atoms with Crippen molar-refractivity contribution >= 4 is 23.5 Å². The fourth-order valence-electron chi connectivity index (χ4n) is 1.38. The second-order valence-electron chi connectivity index (χ2n) is 3.76. The summed E-state index contributed by atoms with van der Waals surface area (Å²) in [5.74, 6) is 0. The molecule has 0 unspecified atom stereocenters. The van der Waals surface area contributed by atoms with Crippen molar-refractivity contribution in [2.45, 2.75) is 6.92 Å². The summed E-state index contributed by atoms with van der Waals surface area (Å²) in [6.07, 6.45) is 1.77. The summed E-state index contributed by atoms with van der Waals surface area (Å²) in [7, 11) is 0. The van der Waals surface area contributed by atoms with Crippen LogP contribution in [0.5, 0.6) is 0 Å². The van der Waals surface area contributed by atoms with Crippen molar-refractivity contribution in [3.63, 3.8) is 0 Å². The highest BCUT2D eigenvalue weighted by atomic mass is 35.5. The molecule has 0 aliphatic rings. The van der Waals surface area contributed by atoms with E-state index in [9.17, 15) is 0 Å². The predicted molar refractivity (Wildman–Crippen MR) is 73.8 cm³/mol. The average Bonchev–Trinajstić information content (AvgIpc) is 2.34. The lowest BCUT2D eigenvalue weighted by Gasteiger charge is -2.01. The van der Waals surface area contributed by atoms with Crippen LogP contribution in [0.3, 0.4) is 0 Å². The molecule has 0 saturated heterocycles. The Kier molecular flexibility index (Phi) is 3.78. The number of rotatable bonds is 3. The number of aryl methyl sites for hydroxylation is 1. The van der Waals surface area contributed by atoms with Crippen molar-refractivity contribution in [2.24, 2.45) is 5.10 Å². The molecule has 1 N–H and O–H groups in total. The zero-order chi connectivity index (χ0) is 12.1. The number of benzene rings is 2. The lowest BCUT2D eigenvalue weighted by atomic mass is 10.2. The van der Waals surface area contributed by atoms with Crippen LogP contribution in [-0.4, -0.2) is 6.21 Å². The summed E-state index contributed by atoms with van der Waals surface area (Å²) in [5.41, 5.74) is 6.01. The SMILES string of the molecule is Cc1ccc(/C=N\Nc2ccccc2Cl)cc1. The van der Waals surface area contributed by atoms with Crippen molar-refractivity contribution < 1.29 is 0 Å². The second-order valence-corrected chi connectivity index (χ2v) is 4.17. The quantitative estimate of drug-likeness (QED) is 0.638. The highest BCUT2D eigenvalue weighted by Gasteiger charge is 1.94. The van der Waals surface area contributed by atoms with Gasteiger partial charge in [0.25, 0.3) is 0 Å². The fourth-order valence-corrected chi connectivity index (χ4v) is 1.56. The number of nitrogens with one attached hydrogen (secondary N) is 1. The summed E-state index contributed by atoms with van der Waals surface area (Å²) in [6.45, 7) is 2.06. The van der Waals surface area contributed by atoms with E-state index in [1.54, 1.807) is 6.21 Å². The third-order valence-corrected chi connectivity index (χ3v) is 2.68. The first-order chi connectivity index (χ1) is 8.25. The maximum Gasteiger partial charge on any atom is 0.0748 e. The van der Waals surface area contributed by atoms with E-state index in [0.29, 0.717) is 5.02 Å². The minimum atomic E-state index is 0.661. The molecule has 2 aromatic carbocycles. The molecule has 0 amide bonds. The van der Waals surface area contributed by atoms with Gasteiger partial charge in [-0.15, -0.1) is 0 Å². The zero-order valence-electron chi connectivity index (χ0n) is 9.52. The third-order valence-electron chi connectivity index (χ3n) is 2.35. The molecule has 3 heteroatoms. The lowest BCUT2D eigenvalue weighted by molar-refractivity contribution is 1.35. The van der Waals surface area contributed by atoms with Crippen molar-refractivity contribution in [1.82, 2.24) is 0 Å². The van der Waals surface area contributed by atoms with Crippen LogP contribution in [0.25, 0.3) is 0 Å². The standard InChI is InChI=1S/C14H13ClN2/c1-11-6-8-12(9-7-11)10-16-17-14-5-3-2-4-13(14)15/h2-10,17H,1H3/b16-10-. The van der Waals surface area contributed by atoms with Crippen LogP contribution in [0, 0.1) is 6.92 Å². The van der Waals surface area contributed by atoms with Crippen LogP contribution >= 0.6 is 11.6 Å². The van der Waals surface area contributed by atoms with Crippen LogP contribution in [0.2, 0.25) is 5.02 Å². The Morgan fingerprint density at radius 3 is 2.47 bits per heavy atom. The van der Waals surface area contributed by atoms with Crippen LogP contribution in [0.1, 0.15) is 11.1 Å². The van der Waals surface area contributed by atoms with Gasteiger partial charge in [0, 0.05) is 0 Å². The molecule has 0 radical (unpaired) electrons. The number of nitrogens with zero attached hydrogens (tertiary/aromatic N) is 1. The molecule has 86 valence electrons. The van der Waals surface area contributed by atoms with Gasteiger partial charge in [-0.05, 0) is 24.6 Å². The Labute approximate surface area is 106 Å². The van der Waals surface area contributed by atoms with Gasteiger partial charge in [0.05, 0.1) is 16.9 Å². The van der Waals surface area contributed by atoms with Crippen molar-refractivity contribution in [3.05, 3.63) is 64.7 Å². The topological polar surface area (TPSA) is 24.4 Å². The number of anilines is 1. The first kappa shape index (κ1) is 11.7. The monoisotopic (exact) mass is 244 g/mol. The first-order valence-electron chi connectivity index (χ1n) is 5.36. The zero-order valence-corrected chi connectivity index (χ0v) is 10.3. The Hall–Kier alpha value is -1.80. The molecule has 2 rings (SSSR count). The normalized spacial score (nSPS) is 10.7. The molecule has 0 fully saturated rings. The van der Waals surface area contributed by atoms with Gasteiger partial charge in [-0.1, -0.05) is 53.6 Å². The van der Waals surface area contributed by atoms with E-state index in [-0.39, 0.29) is 0 Å². The van der Waals surface area contributed by atoms with Gasteiger partial charge in [0.2, 0.25) is 0 Å². The molecule has 17 heavy (non-hydrogen) atoms. The molecule has 0 aliphatic carbocycles. The van der Waals surface area contributed by atoms with E-state index in [2.05, 4.69) is 29.6 Å². The largest absolute Gasteiger partial charge is 0.277 e. The minimum absolute atomic E-state index is 0.661. The summed E-state index contributed by atoms with van der Waals surface area (Å²) in [4.78, 5) is 0. The molecular formula is C14H13ClN2. The maximum absolute atomic E-state index is 5.99. The van der Waals surface area contributed by atoms with E-state index in [1.807, 2.05) is 36.4 Å². The van der Waals surface area contributed by atoms with Crippen LogP contribution in [0.4, 0.5) is 5.69 Å². The highest BCUT2D eigenvalue weighted by Crippen LogP contribution is 2.20. The number of para-hydroxylation sites is 1. The van der Waals surface area contributed by atoms with E-state index in [4.69, 9.17) is 11.6 Å². The lowest BCUT2D eigenvalue weighted by Crippen LogP contribution is -1.91. The van der Waals surface area contributed by atoms with Crippen molar-refractivity contribution in [3.8, 4) is 0 Å². The molecule has 2 nitrogen and oxygen atoms in total. The van der Waals surface area contributed by atoms with Crippen LogP contribution < -0.4 is 5.43 Å². The predicted octanol–water partition coefficient (Wildman–Crippen LogP) is 4.09. The minimum Gasteiger partial charge on any atom is -0.277 e. The second kappa shape index (κ2) is 5.51. The molecule has 2 aromatic rings. The van der Waals surface area contributed by atoms with Gasteiger partial charge in [0.15, 0.2) is 0 Å².